The molecular weight excluding hydrogens is 474 g/mol. The van der Waals surface area contributed by atoms with E-state index < -0.39 is 0 Å². The molecule has 3 aromatic rings. The summed E-state index contributed by atoms with van der Waals surface area (Å²) in [7, 11) is 3.41. The van der Waals surface area contributed by atoms with Gasteiger partial charge >= 0.3 is 0 Å². The molecule has 0 radical (unpaired) electrons. The Labute approximate surface area is 208 Å². The molecule has 34 heavy (non-hydrogen) atoms. The van der Waals surface area contributed by atoms with Gasteiger partial charge in [-0.1, -0.05) is 37.2 Å². The molecule has 0 unspecified atom stereocenters. The van der Waals surface area contributed by atoms with Crippen molar-refractivity contribution in [2.45, 2.75) is 32.0 Å². The van der Waals surface area contributed by atoms with Gasteiger partial charge in [-0.2, -0.15) is 0 Å². The lowest BCUT2D eigenvalue weighted by molar-refractivity contribution is -0.113. The lowest BCUT2D eigenvalue weighted by atomic mass is 10.0. The third kappa shape index (κ3) is 6.30. The number of nitrogens with zero attached hydrogens (tertiary/aromatic N) is 3. The van der Waals surface area contributed by atoms with Crippen molar-refractivity contribution < 1.29 is 14.3 Å². The smallest absolute Gasteiger partial charge is 0.251 e. The number of rotatable bonds is 9. The molecule has 0 saturated carbocycles. The fraction of sp³-hybridized carbons (Fsp3) is 0.333. The van der Waals surface area contributed by atoms with Crippen LogP contribution >= 0.6 is 23.4 Å². The highest BCUT2D eigenvalue weighted by atomic mass is 35.5. The van der Waals surface area contributed by atoms with Gasteiger partial charge in [0.05, 0.1) is 18.9 Å². The Balaban J connectivity index is 1.66. The number of halogens is 1. The molecule has 2 N–H and O–H groups in total. The first-order chi connectivity index (χ1) is 16.2. The maximum Gasteiger partial charge on any atom is 0.251 e. The van der Waals surface area contributed by atoms with Gasteiger partial charge in [-0.25, -0.2) is 0 Å². The molecule has 0 saturated heterocycles. The first-order valence-electron chi connectivity index (χ1n) is 10.7. The number of nitrogens with one attached hydrogen (secondary N) is 2. The first kappa shape index (κ1) is 25.6. The van der Waals surface area contributed by atoms with Crippen LogP contribution in [-0.2, 0) is 11.8 Å². The number of hydrogen-bond donors (Lipinski definition) is 2. The molecule has 3 rings (SSSR count). The van der Waals surface area contributed by atoms with Crippen LogP contribution in [0.4, 0.5) is 5.69 Å². The molecule has 0 spiro atoms. The summed E-state index contributed by atoms with van der Waals surface area (Å²) < 4.78 is 6.96. The molecule has 180 valence electrons. The Morgan fingerprint density at radius 2 is 1.85 bits per heavy atom. The number of hydrogen-bond acceptors (Lipinski definition) is 6. The number of benzene rings is 2. The number of carbonyl (C=O) groups excluding carboxylic acids is 2. The minimum atomic E-state index is -0.355. The number of carbonyl (C=O) groups is 2. The van der Waals surface area contributed by atoms with Gasteiger partial charge < -0.3 is 19.9 Å². The first-order valence-corrected chi connectivity index (χ1v) is 12.1. The Morgan fingerprint density at radius 1 is 1.15 bits per heavy atom. The summed E-state index contributed by atoms with van der Waals surface area (Å²) in [4.78, 5) is 25.3. The van der Waals surface area contributed by atoms with Gasteiger partial charge in [0.2, 0.25) is 5.91 Å². The summed E-state index contributed by atoms with van der Waals surface area (Å²) >= 11 is 7.25. The fourth-order valence-electron chi connectivity index (χ4n) is 3.30. The average molecular weight is 502 g/mol. The van der Waals surface area contributed by atoms with E-state index in [1.165, 1.54) is 11.8 Å². The van der Waals surface area contributed by atoms with E-state index in [1.807, 2.05) is 32.4 Å². The molecule has 1 aromatic heterocycles. The number of amides is 2. The van der Waals surface area contributed by atoms with Gasteiger partial charge in [0, 0.05) is 23.3 Å². The summed E-state index contributed by atoms with van der Waals surface area (Å²) in [6.45, 7) is 5.89. The van der Waals surface area contributed by atoms with Crippen LogP contribution in [0.2, 0.25) is 5.02 Å². The van der Waals surface area contributed by atoms with E-state index in [-0.39, 0.29) is 29.5 Å². The van der Waals surface area contributed by atoms with Crippen molar-refractivity contribution in [3.05, 3.63) is 64.4 Å². The van der Waals surface area contributed by atoms with E-state index in [9.17, 15) is 9.59 Å². The average Bonchev–Trinajstić information content (AvgIpc) is 3.17. The van der Waals surface area contributed by atoms with Crippen molar-refractivity contribution >= 4 is 40.9 Å². The van der Waals surface area contributed by atoms with Crippen molar-refractivity contribution in [3.63, 3.8) is 0 Å². The van der Waals surface area contributed by atoms with Gasteiger partial charge in [0.15, 0.2) is 11.0 Å². The van der Waals surface area contributed by atoms with Crippen LogP contribution in [0.5, 0.6) is 5.75 Å². The summed E-state index contributed by atoms with van der Waals surface area (Å²) in [5.74, 6) is 1.16. The molecular formula is C24H28ClN5O3S. The van der Waals surface area contributed by atoms with E-state index >= 15 is 0 Å². The predicted octanol–water partition coefficient (Wildman–Crippen LogP) is 4.64. The standard InChI is InChI=1S/C24H28ClN5O3S/c1-14(2)21(27-23(32)16-6-9-18(33-5)10-7-16)22-28-29-24(30(22)4)34-13-20(31)26-19-11-8-17(25)12-15(19)3/h6-12,14,21H,13H2,1-5H3,(H,26,31)(H,27,32)/t21-/m0/s1. The largest absolute Gasteiger partial charge is 0.497 e. The van der Waals surface area contributed by atoms with E-state index in [2.05, 4.69) is 20.8 Å². The minimum Gasteiger partial charge on any atom is -0.497 e. The molecule has 1 atom stereocenters. The quantitative estimate of drug-likeness (QED) is 0.414. The summed E-state index contributed by atoms with van der Waals surface area (Å²) in [5.41, 5.74) is 2.13. The normalized spacial score (nSPS) is 11.9. The van der Waals surface area contributed by atoms with E-state index in [0.717, 1.165) is 11.3 Å². The van der Waals surface area contributed by atoms with Gasteiger partial charge in [-0.3, -0.25) is 9.59 Å². The monoisotopic (exact) mass is 501 g/mol. The van der Waals surface area contributed by atoms with E-state index in [0.29, 0.717) is 27.3 Å². The predicted molar refractivity (Wildman–Crippen MR) is 135 cm³/mol. The SMILES string of the molecule is COc1ccc(C(=O)N[C@H](c2nnc(SCC(=O)Nc3ccc(Cl)cc3C)n2C)C(C)C)cc1. The van der Waals surface area contributed by atoms with Crippen molar-refractivity contribution in [1.29, 1.82) is 0 Å². The molecule has 2 amide bonds. The zero-order valence-electron chi connectivity index (χ0n) is 19.8. The van der Waals surface area contributed by atoms with Crippen LogP contribution in [0.1, 0.15) is 41.6 Å². The maximum atomic E-state index is 12.8. The number of aryl methyl sites for hydroxylation is 1. The van der Waals surface area contributed by atoms with Crippen LogP contribution in [0.3, 0.4) is 0 Å². The highest BCUT2D eigenvalue weighted by Crippen LogP contribution is 2.25. The van der Waals surface area contributed by atoms with Crippen molar-refractivity contribution in [1.82, 2.24) is 20.1 Å². The topological polar surface area (TPSA) is 98.1 Å². The Morgan fingerprint density at radius 3 is 2.47 bits per heavy atom. The van der Waals surface area contributed by atoms with Gasteiger partial charge in [0.25, 0.3) is 5.91 Å². The Kier molecular flexibility index (Phi) is 8.57. The molecule has 1 heterocycles. The summed E-state index contributed by atoms with van der Waals surface area (Å²) in [6, 6.07) is 11.9. The van der Waals surface area contributed by atoms with E-state index in [1.54, 1.807) is 49.6 Å². The minimum absolute atomic E-state index is 0.0686. The highest BCUT2D eigenvalue weighted by molar-refractivity contribution is 7.99. The molecule has 2 aromatic carbocycles. The second kappa shape index (κ2) is 11.4. The molecule has 0 aliphatic carbocycles. The lowest BCUT2D eigenvalue weighted by Crippen LogP contribution is -2.33. The van der Waals surface area contributed by atoms with Crippen molar-refractivity contribution in [3.8, 4) is 5.75 Å². The molecule has 0 fully saturated rings. The number of methoxy groups -OCH3 is 1. The Bertz CT molecular complexity index is 1160. The van der Waals surface area contributed by atoms with Crippen molar-refractivity contribution in [2.24, 2.45) is 13.0 Å². The van der Waals surface area contributed by atoms with Gasteiger partial charge in [-0.05, 0) is 60.9 Å². The van der Waals surface area contributed by atoms with Crippen LogP contribution in [0.15, 0.2) is 47.6 Å². The third-order valence-electron chi connectivity index (χ3n) is 5.25. The number of thioether (sulfide) groups is 1. The molecule has 0 aliphatic rings. The van der Waals surface area contributed by atoms with Gasteiger partial charge in [-0.15, -0.1) is 10.2 Å². The van der Waals surface area contributed by atoms with Gasteiger partial charge in [0.1, 0.15) is 5.75 Å². The van der Waals surface area contributed by atoms with Crippen molar-refractivity contribution in [2.75, 3.05) is 18.2 Å². The molecule has 8 nitrogen and oxygen atoms in total. The summed E-state index contributed by atoms with van der Waals surface area (Å²) in [5, 5.41) is 15.7. The summed E-state index contributed by atoms with van der Waals surface area (Å²) in [6.07, 6.45) is 0. The van der Waals surface area contributed by atoms with Crippen LogP contribution in [0.25, 0.3) is 0 Å². The zero-order chi connectivity index (χ0) is 24.8. The van der Waals surface area contributed by atoms with Crippen LogP contribution < -0.4 is 15.4 Å². The molecule has 10 heteroatoms. The lowest BCUT2D eigenvalue weighted by Gasteiger charge is -2.21. The Hall–Kier alpha value is -3.04. The number of anilines is 1. The fourth-order valence-corrected chi connectivity index (χ4v) is 4.25. The molecule has 0 bridgehead atoms. The number of aromatic nitrogens is 3. The number of ether oxygens (including phenoxy) is 1. The third-order valence-corrected chi connectivity index (χ3v) is 6.50. The van der Waals surface area contributed by atoms with Crippen LogP contribution in [0, 0.1) is 12.8 Å². The molecule has 0 aliphatic heterocycles. The second-order valence-corrected chi connectivity index (χ2v) is 9.50. The maximum absolute atomic E-state index is 12.8. The van der Waals surface area contributed by atoms with Crippen LogP contribution in [-0.4, -0.2) is 39.4 Å². The highest BCUT2D eigenvalue weighted by Gasteiger charge is 2.25. The zero-order valence-corrected chi connectivity index (χ0v) is 21.3. The second-order valence-electron chi connectivity index (χ2n) is 8.12. The van der Waals surface area contributed by atoms with E-state index in [4.69, 9.17) is 16.3 Å².